The van der Waals surface area contributed by atoms with Crippen LogP contribution in [0.15, 0.2) is 5.16 Å². The Balaban J connectivity index is 3.81. The zero-order chi connectivity index (χ0) is 10.1. The molecule has 0 aromatic carbocycles. The third-order valence-corrected chi connectivity index (χ3v) is 1.47. The maximum Gasteiger partial charge on any atom is 0.331 e. The largest absolute Gasteiger partial charge is 0.331 e. The van der Waals surface area contributed by atoms with Crippen molar-refractivity contribution in [3.63, 3.8) is 0 Å². The van der Waals surface area contributed by atoms with Gasteiger partial charge in [0.25, 0.3) is 0 Å². The summed E-state index contributed by atoms with van der Waals surface area (Å²) in [7, 11) is 0. The highest BCUT2D eigenvalue weighted by molar-refractivity contribution is 5.84. The van der Waals surface area contributed by atoms with Crippen LogP contribution in [0.25, 0.3) is 0 Å². The van der Waals surface area contributed by atoms with Crippen molar-refractivity contribution in [3.05, 3.63) is 0 Å². The molecule has 0 rings (SSSR count). The van der Waals surface area contributed by atoms with Gasteiger partial charge < -0.3 is 4.84 Å². The predicted octanol–water partition coefficient (Wildman–Crippen LogP) is 2.01. The van der Waals surface area contributed by atoms with Gasteiger partial charge in [0.1, 0.15) is 0 Å². The highest BCUT2D eigenvalue weighted by Gasteiger charge is 1.98. The fourth-order valence-electron chi connectivity index (χ4n) is 0.787. The van der Waals surface area contributed by atoms with E-state index in [1.807, 2.05) is 13.0 Å². The van der Waals surface area contributed by atoms with E-state index >= 15 is 0 Å². The lowest BCUT2D eigenvalue weighted by atomic mass is 10.1. The first kappa shape index (κ1) is 11.6. The third kappa shape index (κ3) is 7.01. The molecule has 0 aliphatic heterocycles. The lowest BCUT2D eigenvalue weighted by Gasteiger charge is -1.99. The normalized spacial score (nSPS) is 10.7. The number of hydrogen-bond acceptors (Lipinski definition) is 4. The Labute approximate surface area is 78.2 Å². The van der Waals surface area contributed by atoms with E-state index in [9.17, 15) is 4.79 Å². The van der Waals surface area contributed by atoms with Crippen molar-refractivity contribution < 1.29 is 9.63 Å². The zero-order valence-corrected chi connectivity index (χ0v) is 8.04. The van der Waals surface area contributed by atoms with Crippen LogP contribution in [0, 0.1) is 11.3 Å². The fraction of sp³-hybridized carbons (Fsp3) is 0.667. The molecule has 0 saturated heterocycles. The van der Waals surface area contributed by atoms with Crippen LogP contribution in [-0.4, -0.2) is 11.7 Å². The van der Waals surface area contributed by atoms with Gasteiger partial charge in [-0.25, -0.2) is 4.79 Å². The molecule has 0 aliphatic carbocycles. The Morgan fingerprint density at radius 2 is 2.31 bits per heavy atom. The second-order valence-corrected chi connectivity index (χ2v) is 2.61. The molecule has 0 spiro atoms. The molecule has 0 saturated carbocycles. The van der Waals surface area contributed by atoms with Gasteiger partial charge in [-0.15, -0.1) is 0 Å². The SMILES string of the molecule is CCC(CCCC#N)=NOC(C)=O. The summed E-state index contributed by atoms with van der Waals surface area (Å²) < 4.78 is 0. The van der Waals surface area contributed by atoms with Gasteiger partial charge >= 0.3 is 5.97 Å². The van der Waals surface area contributed by atoms with Crippen LogP contribution in [0.2, 0.25) is 0 Å². The van der Waals surface area contributed by atoms with Gasteiger partial charge in [0.2, 0.25) is 0 Å². The van der Waals surface area contributed by atoms with Crippen molar-refractivity contribution in [1.29, 1.82) is 5.26 Å². The molecule has 72 valence electrons. The Bertz CT molecular complexity index is 228. The second-order valence-electron chi connectivity index (χ2n) is 2.61. The summed E-state index contributed by atoms with van der Waals surface area (Å²) in [5, 5.41) is 12.0. The van der Waals surface area contributed by atoms with E-state index in [0.29, 0.717) is 6.42 Å². The number of hydrogen-bond donors (Lipinski definition) is 0. The van der Waals surface area contributed by atoms with E-state index in [1.54, 1.807) is 0 Å². The highest BCUT2D eigenvalue weighted by atomic mass is 16.7. The minimum atomic E-state index is -0.411. The summed E-state index contributed by atoms with van der Waals surface area (Å²) in [6, 6.07) is 2.05. The van der Waals surface area contributed by atoms with Crippen LogP contribution in [0.4, 0.5) is 0 Å². The van der Waals surface area contributed by atoms with Crippen molar-refractivity contribution in [2.45, 2.75) is 39.5 Å². The molecule has 13 heavy (non-hydrogen) atoms. The minimum Gasteiger partial charge on any atom is -0.319 e. The molecule has 0 bridgehead atoms. The van der Waals surface area contributed by atoms with Crippen LogP contribution in [0.3, 0.4) is 0 Å². The van der Waals surface area contributed by atoms with Crippen molar-refractivity contribution in [3.8, 4) is 6.07 Å². The number of rotatable bonds is 5. The Hall–Kier alpha value is -1.37. The van der Waals surface area contributed by atoms with Crippen LogP contribution >= 0.6 is 0 Å². The van der Waals surface area contributed by atoms with E-state index in [1.165, 1.54) is 6.92 Å². The van der Waals surface area contributed by atoms with Gasteiger partial charge in [0, 0.05) is 13.3 Å². The fourth-order valence-corrected chi connectivity index (χ4v) is 0.787. The molecule has 4 heteroatoms. The Morgan fingerprint density at radius 1 is 1.62 bits per heavy atom. The molecule has 4 nitrogen and oxygen atoms in total. The van der Waals surface area contributed by atoms with E-state index < -0.39 is 5.97 Å². The molecule has 0 aromatic rings. The lowest BCUT2D eigenvalue weighted by Crippen LogP contribution is -2.00. The molecule has 0 aliphatic rings. The number of carbonyl (C=O) groups excluding carboxylic acids is 1. The van der Waals surface area contributed by atoms with Crippen molar-refractivity contribution >= 4 is 11.7 Å². The molecule has 0 fully saturated rings. The first-order chi connectivity index (χ1) is 6.20. The molecule has 0 atom stereocenters. The third-order valence-electron chi connectivity index (χ3n) is 1.47. The van der Waals surface area contributed by atoms with Crippen LogP contribution in [-0.2, 0) is 9.63 Å². The minimum absolute atomic E-state index is 0.411. The van der Waals surface area contributed by atoms with E-state index in [-0.39, 0.29) is 0 Å². The summed E-state index contributed by atoms with van der Waals surface area (Å²) in [5.74, 6) is -0.411. The molecule has 0 amide bonds. The lowest BCUT2D eigenvalue weighted by molar-refractivity contribution is -0.140. The number of nitriles is 1. The monoisotopic (exact) mass is 182 g/mol. The second kappa shape index (κ2) is 7.29. The number of oxime groups is 1. The molecule has 0 radical (unpaired) electrons. The van der Waals surface area contributed by atoms with Crippen molar-refractivity contribution in [2.24, 2.45) is 5.16 Å². The predicted molar refractivity (Wildman–Crippen MR) is 49.0 cm³/mol. The molecule has 0 heterocycles. The Morgan fingerprint density at radius 3 is 2.77 bits per heavy atom. The number of unbranched alkanes of at least 4 members (excludes halogenated alkanes) is 1. The van der Waals surface area contributed by atoms with Gasteiger partial charge in [-0.1, -0.05) is 12.1 Å². The van der Waals surface area contributed by atoms with E-state index in [2.05, 4.69) is 9.99 Å². The average Bonchev–Trinajstić information content (AvgIpc) is 2.10. The summed E-state index contributed by atoms with van der Waals surface area (Å²) in [5.41, 5.74) is 0.824. The standard InChI is InChI=1S/C9H14N2O2/c1-3-9(6-4-5-7-10)11-13-8(2)12/h3-6H2,1-2H3. The molecular weight excluding hydrogens is 168 g/mol. The highest BCUT2D eigenvalue weighted by Crippen LogP contribution is 2.01. The summed E-state index contributed by atoms with van der Waals surface area (Å²) in [6.07, 6.45) is 2.75. The van der Waals surface area contributed by atoms with Crippen molar-refractivity contribution in [2.75, 3.05) is 0 Å². The first-order valence-electron chi connectivity index (χ1n) is 4.31. The van der Waals surface area contributed by atoms with Crippen LogP contribution < -0.4 is 0 Å². The number of nitrogens with zero attached hydrogens (tertiary/aromatic N) is 2. The molecule has 0 unspecified atom stereocenters. The quantitative estimate of drug-likeness (QED) is 0.283. The van der Waals surface area contributed by atoms with Crippen molar-refractivity contribution in [1.82, 2.24) is 0 Å². The van der Waals surface area contributed by atoms with Crippen LogP contribution in [0.5, 0.6) is 0 Å². The van der Waals surface area contributed by atoms with Gasteiger partial charge in [-0.3, -0.25) is 0 Å². The van der Waals surface area contributed by atoms with Gasteiger partial charge in [-0.2, -0.15) is 5.26 Å². The first-order valence-corrected chi connectivity index (χ1v) is 4.31. The molecule has 0 aromatic heterocycles. The maximum absolute atomic E-state index is 10.4. The summed E-state index contributed by atoms with van der Waals surface area (Å²) in [6.45, 7) is 3.25. The maximum atomic E-state index is 10.4. The molecular formula is C9H14N2O2. The summed E-state index contributed by atoms with van der Waals surface area (Å²) in [4.78, 5) is 14.9. The Kier molecular flexibility index (Phi) is 6.52. The van der Waals surface area contributed by atoms with Gasteiger partial charge in [-0.05, 0) is 19.3 Å². The number of carbonyl (C=O) groups is 1. The smallest absolute Gasteiger partial charge is 0.319 e. The van der Waals surface area contributed by atoms with Crippen LogP contribution in [0.1, 0.15) is 39.5 Å². The molecule has 0 N–H and O–H groups in total. The zero-order valence-electron chi connectivity index (χ0n) is 8.04. The topological polar surface area (TPSA) is 62.4 Å². The van der Waals surface area contributed by atoms with E-state index in [0.717, 1.165) is 25.0 Å². The average molecular weight is 182 g/mol. The van der Waals surface area contributed by atoms with Gasteiger partial charge in [0.15, 0.2) is 0 Å². The van der Waals surface area contributed by atoms with E-state index in [4.69, 9.17) is 5.26 Å². The summed E-state index contributed by atoms with van der Waals surface area (Å²) >= 11 is 0. The van der Waals surface area contributed by atoms with Gasteiger partial charge in [0.05, 0.1) is 11.8 Å².